The lowest BCUT2D eigenvalue weighted by atomic mass is 9.85. The van der Waals surface area contributed by atoms with Gasteiger partial charge in [-0.05, 0) is 80.2 Å². The Bertz CT molecular complexity index is 2060. The number of carbonyl (C=O) groups excluding carboxylic acids is 4. The number of halogens is 3. The zero-order valence-corrected chi connectivity index (χ0v) is 34.2. The van der Waals surface area contributed by atoms with Crippen LogP contribution >= 0.6 is 0 Å². The summed E-state index contributed by atoms with van der Waals surface area (Å²) in [5.74, 6) is -4.39. The second-order valence-electron chi connectivity index (χ2n) is 18.1. The van der Waals surface area contributed by atoms with Crippen molar-refractivity contribution >= 4 is 44.9 Å². The van der Waals surface area contributed by atoms with Crippen molar-refractivity contribution in [2.75, 3.05) is 6.54 Å². The van der Waals surface area contributed by atoms with Crippen molar-refractivity contribution in [1.29, 1.82) is 0 Å². The molecule has 0 radical (unpaired) electrons. The first-order valence-corrected chi connectivity index (χ1v) is 21.9. The number of benzene rings is 1. The smallest absolute Gasteiger partial charge is 0.408 e. The molecule has 3 aliphatic carbocycles. The van der Waals surface area contributed by atoms with Crippen LogP contribution in [0.5, 0.6) is 5.88 Å². The molecule has 1 saturated heterocycles. The van der Waals surface area contributed by atoms with Crippen LogP contribution in [-0.4, -0.2) is 95.2 Å². The summed E-state index contributed by atoms with van der Waals surface area (Å²) in [6.07, 6.45) is -0.915. The molecule has 7 rings (SSSR count). The highest BCUT2D eigenvalue weighted by atomic mass is 32.2. The maximum atomic E-state index is 14.7. The van der Waals surface area contributed by atoms with Crippen molar-refractivity contribution in [3.05, 3.63) is 29.7 Å². The second-order valence-corrected chi connectivity index (χ2v) is 20.1. The van der Waals surface area contributed by atoms with Gasteiger partial charge < -0.3 is 25.0 Å². The lowest BCUT2D eigenvalue weighted by Crippen LogP contribution is -2.60. The van der Waals surface area contributed by atoms with Gasteiger partial charge in [-0.2, -0.15) is 0 Å². The number of fused-ring (bicyclic) bond motifs is 5. The van der Waals surface area contributed by atoms with Gasteiger partial charge in [0.15, 0.2) is 0 Å². The Labute approximate surface area is 336 Å². The molecule has 2 aromatic rings. The quantitative estimate of drug-likeness (QED) is 0.366. The molecule has 14 nitrogen and oxygen atoms in total. The highest BCUT2D eigenvalue weighted by Gasteiger charge is 2.67. The molecule has 0 unspecified atom stereocenters. The molecule has 2 aliphatic heterocycles. The van der Waals surface area contributed by atoms with E-state index in [1.165, 1.54) is 23.1 Å². The number of rotatable bonds is 6. The number of aryl methyl sites for hydroxylation is 1. The van der Waals surface area contributed by atoms with Crippen LogP contribution in [0, 0.1) is 34.9 Å². The predicted molar refractivity (Wildman–Crippen MR) is 204 cm³/mol. The Morgan fingerprint density at radius 3 is 2.43 bits per heavy atom. The van der Waals surface area contributed by atoms with Gasteiger partial charge in [0.25, 0.3) is 5.91 Å². The number of ether oxygens (including phenoxy) is 2. The van der Waals surface area contributed by atoms with Gasteiger partial charge in [-0.15, -0.1) is 0 Å². The lowest BCUT2D eigenvalue weighted by Gasteiger charge is -2.35. The first-order valence-electron chi connectivity index (χ1n) is 20.3. The molecule has 2 bridgehead atoms. The fourth-order valence-electron chi connectivity index (χ4n) is 8.93. The van der Waals surface area contributed by atoms with Crippen molar-refractivity contribution in [2.24, 2.45) is 29.1 Å². The SMILES string of the molecule is C[C@@H]1[C@H]2CCCCCc3nc4ccc(F)cc4nc3O[C@@H]3C[C@@H](C(=O)N[C@]4(C(=O)NS(=O)(=O)C5CC5)C[C@H]4C(F)F)N(C3)C(=O)[C@H](C(C)(C)C)NC(=O)O[C@@H]2C[C@@H]1C. The third-order valence-electron chi connectivity index (χ3n) is 12.8. The van der Waals surface area contributed by atoms with E-state index in [4.69, 9.17) is 14.5 Å². The molecule has 1 aromatic heterocycles. The van der Waals surface area contributed by atoms with E-state index in [9.17, 15) is 40.8 Å². The molecular formula is C40H53F3N6O8S. The number of carbonyl (C=O) groups is 4. The fourth-order valence-corrected chi connectivity index (χ4v) is 10.3. The predicted octanol–water partition coefficient (Wildman–Crippen LogP) is 4.78. The van der Waals surface area contributed by atoms with E-state index in [1.54, 1.807) is 20.8 Å². The number of alkyl carbamates (subject to hydrolysis) is 1. The molecule has 9 atom stereocenters. The van der Waals surface area contributed by atoms with E-state index in [0.29, 0.717) is 49.2 Å². The average molecular weight is 835 g/mol. The van der Waals surface area contributed by atoms with E-state index in [1.807, 2.05) is 4.72 Å². The molecule has 58 heavy (non-hydrogen) atoms. The van der Waals surface area contributed by atoms with Crippen molar-refractivity contribution in [3.63, 3.8) is 0 Å². The average Bonchev–Trinajstić information content (AvgIpc) is 4.06. The summed E-state index contributed by atoms with van der Waals surface area (Å²) in [5, 5.41) is 4.36. The Morgan fingerprint density at radius 1 is 1.02 bits per heavy atom. The molecule has 4 fully saturated rings. The maximum Gasteiger partial charge on any atom is 0.408 e. The number of aromatic nitrogens is 2. The van der Waals surface area contributed by atoms with Gasteiger partial charge in [0.05, 0.1) is 28.7 Å². The van der Waals surface area contributed by atoms with E-state index in [0.717, 1.165) is 19.3 Å². The Balaban J connectivity index is 1.24. The molecule has 5 aliphatic rings. The van der Waals surface area contributed by atoms with Crippen LogP contribution in [0.4, 0.5) is 18.0 Å². The van der Waals surface area contributed by atoms with E-state index >= 15 is 0 Å². The second kappa shape index (κ2) is 15.8. The van der Waals surface area contributed by atoms with Crippen molar-refractivity contribution < 1.29 is 50.2 Å². The molecule has 4 amide bonds. The van der Waals surface area contributed by atoms with Crippen LogP contribution in [0.15, 0.2) is 18.2 Å². The van der Waals surface area contributed by atoms with Crippen LogP contribution in [-0.2, 0) is 35.6 Å². The third kappa shape index (κ3) is 8.58. The summed E-state index contributed by atoms with van der Waals surface area (Å²) in [6.45, 7) is 9.25. The van der Waals surface area contributed by atoms with E-state index in [2.05, 4.69) is 29.5 Å². The summed E-state index contributed by atoms with van der Waals surface area (Å²) in [5.41, 5.74) is -1.99. The number of amides is 4. The van der Waals surface area contributed by atoms with Crippen molar-refractivity contribution in [1.82, 2.24) is 30.2 Å². The summed E-state index contributed by atoms with van der Waals surface area (Å²) < 4.78 is 82.5. The first-order chi connectivity index (χ1) is 27.3. The largest absolute Gasteiger partial charge is 0.471 e. The van der Waals surface area contributed by atoms with Crippen molar-refractivity contribution in [2.45, 2.75) is 140 Å². The minimum absolute atomic E-state index is 0.0890. The molecule has 3 heterocycles. The van der Waals surface area contributed by atoms with Gasteiger partial charge in [-0.1, -0.05) is 47.5 Å². The molecule has 3 saturated carbocycles. The number of nitrogens with zero attached hydrogens (tertiary/aromatic N) is 3. The number of hydrogen-bond acceptors (Lipinski definition) is 10. The zero-order valence-electron chi connectivity index (χ0n) is 33.4. The van der Waals surface area contributed by atoms with Gasteiger partial charge in [0.1, 0.15) is 41.3 Å². The Hall–Kier alpha value is -4.22. The summed E-state index contributed by atoms with van der Waals surface area (Å²) in [4.78, 5) is 66.7. The first kappa shape index (κ1) is 41.9. The molecule has 3 N–H and O–H groups in total. The van der Waals surface area contributed by atoms with Crippen LogP contribution < -0.4 is 20.1 Å². The highest BCUT2D eigenvalue weighted by Crippen LogP contribution is 2.49. The minimum atomic E-state index is -4.15. The minimum Gasteiger partial charge on any atom is -0.471 e. The van der Waals surface area contributed by atoms with Crippen molar-refractivity contribution in [3.8, 4) is 5.88 Å². The maximum absolute atomic E-state index is 14.7. The van der Waals surface area contributed by atoms with Crippen LogP contribution in [0.2, 0.25) is 0 Å². The molecule has 1 aromatic carbocycles. The third-order valence-corrected chi connectivity index (χ3v) is 14.6. The molecule has 18 heteroatoms. The summed E-state index contributed by atoms with van der Waals surface area (Å²) in [7, 11) is -4.15. The molecule has 318 valence electrons. The number of sulfonamides is 1. The number of nitrogens with one attached hydrogen (secondary N) is 3. The number of alkyl halides is 2. The summed E-state index contributed by atoms with van der Waals surface area (Å²) in [6, 6.07) is 1.38. The Morgan fingerprint density at radius 2 is 1.76 bits per heavy atom. The topological polar surface area (TPSA) is 186 Å². The number of hydrogen-bond donors (Lipinski definition) is 3. The zero-order chi connectivity index (χ0) is 41.9. The highest BCUT2D eigenvalue weighted by molar-refractivity contribution is 7.91. The lowest BCUT2D eigenvalue weighted by molar-refractivity contribution is -0.143. The molecule has 0 spiro atoms. The standard InChI is InChI=1S/C40H53F3N6O8S/c1-20-15-31-25(21(20)2)9-7-6-8-10-28-35(45-29-16-22(41)11-14-27(29)44-28)56-23-17-30(49(19-23)36(51)32(39(3,4)5)46-38(53)57-31)34(50)47-40(18-26(40)33(42)43)37(52)48-58(54,55)24-12-13-24/h11,14,16,20-21,23-26,30-33H,6-10,12-13,15,17-19H2,1-5H3,(H,46,53)(H,47,50)(H,48,52)/t20-,21-,23+,25+,26-,30-,31+,32+,40+/m0/s1. The Kier molecular flexibility index (Phi) is 11.4. The van der Waals surface area contributed by atoms with Gasteiger partial charge in [-0.3, -0.25) is 19.1 Å². The summed E-state index contributed by atoms with van der Waals surface area (Å²) >= 11 is 0. The fraction of sp³-hybridized carbons (Fsp3) is 0.700. The molecular weight excluding hydrogens is 782 g/mol. The normalized spacial score (nSPS) is 32.3. The van der Waals surface area contributed by atoms with E-state index < -0.39 is 92.8 Å². The van der Waals surface area contributed by atoms with Crippen LogP contribution in [0.3, 0.4) is 0 Å². The monoisotopic (exact) mass is 834 g/mol. The van der Waals surface area contributed by atoms with Gasteiger partial charge >= 0.3 is 6.09 Å². The van der Waals surface area contributed by atoms with Crippen LogP contribution in [0.1, 0.15) is 98.1 Å². The van der Waals surface area contributed by atoms with Gasteiger partial charge in [0.2, 0.25) is 34.1 Å². The van der Waals surface area contributed by atoms with Gasteiger partial charge in [0, 0.05) is 12.5 Å². The van der Waals surface area contributed by atoms with E-state index in [-0.39, 0.29) is 42.3 Å². The van der Waals surface area contributed by atoms with Gasteiger partial charge in [-0.25, -0.2) is 36.4 Å². The van der Waals surface area contributed by atoms with Crippen LogP contribution in [0.25, 0.3) is 11.0 Å².